The Bertz CT molecular complexity index is 1010. The Labute approximate surface area is 161 Å². The van der Waals surface area contributed by atoms with Crippen LogP contribution in [0.3, 0.4) is 0 Å². The minimum atomic E-state index is -3.71. The van der Waals surface area contributed by atoms with E-state index in [9.17, 15) is 22.8 Å². The monoisotopic (exact) mass is 406 g/mol. The molecular formula is C18H18N2O5S2. The van der Waals surface area contributed by atoms with Crippen molar-refractivity contribution in [2.24, 2.45) is 0 Å². The minimum Gasteiger partial charge on any atom is -0.263 e. The molecule has 0 unspecified atom stereocenters. The van der Waals surface area contributed by atoms with Crippen LogP contribution in [0.15, 0.2) is 40.6 Å². The highest BCUT2D eigenvalue weighted by Crippen LogP contribution is 2.21. The zero-order valence-corrected chi connectivity index (χ0v) is 16.5. The van der Waals surface area contributed by atoms with Crippen molar-refractivity contribution < 1.29 is 22.8 Å². The summed E-state index contributed by atoms with van der Waals surface area (Å²) in [7, 11) is -3.71. The number of carbonyl (C=O) groups is 3. The van der Waals surface area contributed by atoms with Gasteiger partial charge >= 0.3 is 17.8 Å². The molecule has 0 radical (unpaired) electrons. The lowest BCUT2D eigenvalue weighted by atomic mass is 10.2. The van der Waals surface area contributed by atoms with Crippen molar-refractivity contribution in [2.45, 2.75) is 25.3 Å². The molecule has 2 heterocycles. The topological polar surface area (TPSA) is 91.8 Å². The van der Waals surface area contributed by atoms with Crippen LogP contribution in [0.25, 0.3) is 0 Å². The smallest absolute Gasteiger partial charge is 0.263 e. The number of imide groups is 2. The summed E-state index contributed by atoms with van der Waals surface area (Å²) in [5.74, 6) is -2.36. The third kappa shape index (κ3) is 3.79. The summed E-state index contributed by atoms with van der Waals surface area (Å²) in [4.78, 5) is 39.2. The molecule has 0 spiro atoms. The normalized spacial score (nSPS) is 15.1. The highest BCUT2D eigenvalue weighted by Gasteiger charge is 2.44. The molecule has 0 aliphatic carbocycles. The number of rotatable bonds is 6. The maximum atomic E-state index is 12.6. The van der Waals surface area contributed by atoms with Crippen molar-refractivity contribution >= 4 is 39.0 Å². The van der Waals surface area contributed by atoms with Crippen LogP contribution in [0.4, 0.5) is 4.79 Å². The predicted molar refractivity (Wildman–Crippen MR) is 99.9 cm³/mol. The van der Waals surface area contributed by atoms with E-state index in [1.165, 1.54) is 11.3 Å². The van der Waals surface area contributed by atoms with E-state index in [2.05, 4.69) is 0 Å². The molecule has 2 aromatic rings. The molecule has 0 bridgehead atoms. The van der Waals surface area contributed by atoms with Crippen LogP contribution in [0.1, 0.15) is 16.0 Å². The van der Waals surface area contributed by atoms with Gasteiger partial charge in [-0.2, -0.15) is 0 Å². The summed E-state index contributed by atoms with van der Waals surface area (Å²) in [6, 6.07) is 7.83. The Morgan fingerprint density at radius 1 is 1.00 bits per heavy atom. The van der Waals surface area contributed by atoms with Gasteiger partial charge in [0.25, 0.3) is 0 Å². The van der Waals surface area contributed by atoms with Crippen molar-refractivity contribution in [3.63, 3.8) is 0 Å². The van der Waals surface area contributed by atoms with Gasteiger partial charge in [0.05, 0.1) is 17.2 Å². The van der Waals surface area contributed by atoms with Crippen LogP contribution in [-0.4, -0.2) is 48.4 Å². The van der Waals surface area contributed by atoms with Crippen molar-refractivity contribution in [2.75, 3.05) is 12.3 Å². The molecule has 0 N–H and O–H groups in total. The van der Waals surface area contributed by atoms with E-state index in [0.717, 1.165) is 15.3 Å². The Morgan fingerprint density at radius 2 is 1.70 bits per heavy atom. The third-order valence-corrected chi connectivity index (χ3v) is 6.98. The van der Waals surface area contributed by atoms with Gasteiger partial charge in [-0.3, -0.25) is 19.4 Å². The van der Waals surface area contributed by atoms with E-state index in [1.54, 1.807) is 43.5 Å². The summed E-state index contributed by atoms with van der Waals surface area (Å²) in [5, 5.41) is 1.80. The summed E-state index contributed by atoms with van der Waals surface area (Å²) < 4.78 is 25.3. The zero-order chi connectivity index (χ0) is 19.8. The number of aryl methyl sites for hydroxylation is 2. The maximum Gasteiger partial charge on any atom is 0.334 e. The lowest BCUT2D eigenvalue weighted by Gasteiger charge is -2.15. The van der Waals surface area contributed by atoms with Crippen LogP contribution in [0.2, 0.25) is 0 Å². The van der Waals surface area contributed by atoms with Gasteiger partial charge < -0.3 is 0 Å². The average Bonchev–Trinajstić information content (AvgIpc) is 3.19. The molecule has 4 amide bonds. The zero-order valence-electron chi connectivity index (χ0n) is 14.8. The van der Waals surface area contributed by atoms with Crippen LogP contribution in [0, 0.1) is 13.8 Å². The minimum absolute atomic E-state index is 0.00130. The molecular weight excluding hydrogens is 388 g/mol. The van der Waals surface area contributed by atoms with Gasteiger partial charge in [-0.15, -0.1) is 11.3 Å². The van der Waals surface area contributed by atoms with E-state index < -0.39 is 33.4 Å². The Kier molecular flexibility index (Phi) is 5.16. The SMILES string of the molecule is Cc1ccc(C)c(S(=O)(=O)CCN2C(=O)C(=O)N(Cc3cccs3)C2=O)c1. The molecule has 3 rings (SSSR count). The maximum absolute atomic E-state index is 12.6. The summed E-state index contributed by atoms with van der Waals surface area (Å²) >= 11 is 1.36. The number of nitrogens with zero attached hydrogens (tertiary/aromatic N) is 2. The van der Waals surface area contributed by atoms with Crippen LogP contribution in [0.5, 0.6) is 0 Å². The number of hydrogen-bond acceptors (Lipinski definition) is 6. The predicted octanol–water partition coefficient (Wildman–Crippen LogP) is 2.13. The Balaban J connectivity index is 1.75. The second kappa shape index (κ2) is 7.24. The van der Waals surface area contributed by atoms with Crippen molar-refractivity contribution in [3.05, 3.63) is 51.7 Å². The molecule has 142 valence electrons. The summed E-state index contributed by atoms with van der Waals surface area (Å²) in [6.07, 6.45) is 0. The fraction of sp³-hybridized carbons (Fsp3) is 0.278. The van der Waals surface area contributed by atoms with E-state index in [4.69, 9.17) is 0 Å². The Morgan fingerprint density at radius 3 is 2.37 bits per heavy atom. The largest absolute Gasteiger partial charge is 0.334 e. The van der Waals surface area contributed by atoms with Crippen LogP contribution < -0.4 is 0 Å². The molecule has 1 aromatic carbocycles. The highest BCUT2D eigenvalue weighted by atomic mass is 32.2. The lowest BCUT2D eigenvalue weighted by Crippen LogP contribution is -2.36. The average molecular weight is 406 g/mol. The summed E-state index contributed by atoms with van der Waals surface area (Å²) in [6.45, 7) is 3.11. The summed E-state index contributed by atoms with van der Waals surface area (Å²) in [5.41, 5.74) is 1.39. The van der Waals surface area contributed by atoms with E-state index in [1.807, 2.05) is 6.07 Å². The first-order chi connectivity index (χ1) is 12.7. The molecule has 0 saturated carbocycles. The van der Waals surface area contributed by atoms with E-state index in [0.29, 0.717) is 10.5 Å². The number of benzene rings is 1. The van der Waals surface area contributed by atoms with Gasteiger partial charge in [0.2, 0.25) is 0 Å². The lowest BCUT2D eigenvalue weighted by molar-refractivity contribution is -0.143. The van der Waals surface area contributed by atoms with Crippen molar-refractivity contribution in [1.29, 1.82) is 0 Å². The van der Waals surface area contributed by atoms with Gasteiger partial charge in [0.15, 0.2) is 9.84 Å². The molecule has 1 saturated heterocycles. The standard InChI is InChI=1S/C18H18N2O5S2/c1-12-5-6-13(2)15(10-12)27(24,25)9-7-19-16(21)17(22)20(18(19)23)11-14-4-3-8-26-14/h3-6,8,10H,7,9,11H2,1-2H3. The van der Waals surface area contributed by atoms with Gasteiger partial charge in [-0.05, 0) is 42.5 Å². The molecule has 1 fully saturated rings. The molecule has 9 heteroatoms. The first-order valence-corrected chi connectivity index (χ1v) is 10.7. The van der Waals surface area contributed by atoms with E-state index in [-0.39, 0.29) is 18.0 Å². The number of carbonyl (C=O) groups excluding carboxylic acids is 3. The third-order valence-electron chi connectivity index (χ3n) is 4.29. The van der Waals surface area contributed by atoms with Gasteiger partial charge in [0, 0.05) is 11.4 Å². The second-order valence-corrected chi connectivity index (χ2v) is 9.41. The Hall–Kier alpha value is -2.52. The molecule has 1 aromatic heterocycles. The van der Waals surface area contributed by atoms with E-state index >= 15 is 0 Å². The van der Waals surface area contributed by atoms with Gasteiger partial charge in [-0.1, -0.05) is 18.2 Å². The molecule has 1 aliphatic rings. The molecule has 7 nitrogen and oxygen atoms in total. The number of urea groups is 1. The molecule has 1 aliphatic heterocycles. The molecule has 27 heavy (non-hydrogen) atoms. The number of amides is 4. The van der Waals surface area contributed by atoms with Crippen LogP contribution in [-0.2, 0) is 26.0 Å². The van der Waals surface area contributed by atoms with Crippen molar-refractivity contribution in [1.82, 2.24) is 9.80 Å². The quantitative estimate of drug-likeness (QED) is 0.541. The first kappa shape index (κ1) is 19.2. The van der Waals surface area contributed by atoms with Crippen molar-refractivity contribution in [3.8, 4) is 0 Å². The first-order valence-electron chi connectivity index (χ1n) is 8.20. The number of hydrogen-bond donors (Lipinski definition) is 0. The fourth-order valence-corrected chi connectivity index (χ4v) is 5.07. The molecule has 0 atom stereocenters. The van der Waals surface area contributed by atoms with Gasteiger partial charge in [-0.25, -0.2) is 13.2 Å². The highest BCUT2D eigenvalue weighted by molar-refractivity contribution is 7.91. The van der Waals surface area contributed by atoms with Gasteiger partial charge in [0.1, 0.15) is 0 Å². The number of sulfone groups is 1. The number of thiophene rings is 1. The van der Waals surface area contributed by atoms with Crippen LogP contribution >= 0.6 is 11.3 Å². The fourth-order valence-electron chi connectivity index (χ4n) is 2.81. The second-order valence-electron chi connectivity index (χ2n) is 6.30.